The van der Waals surface area contributed by atoms with E-state index in [1.165, 1.54) is 36.3 Å². The van der Waals surface area contributed by atoms with E-state index in [0.717, 1.165) is 27.9 Å². The maximum atomic E-state index is 6.01. The fourth-order valence-corrected chi connectivity index (χ4v) is 5.17. The summed E-state index contributed by atoms with van der Waals surface area (Å²) in [6.45, 7) is 0. The van der Waals surface area contributed by atoms with Gasteiger partial charge in [0.15, 0.2) is 0 Å². The van der Waals surface area contributed by atoms with Gasteiger partial charge >= 0.3 is 0 Å². The maximum absolute atomic E-state index is 6.01. The standard InChI is InChI=1S/C14H18BrNS/c15-12-3-4-13(16)14(7-12)17-8-11-6-9-1-2-10(11)5-9/h3-4,7,9-11H,1-2,5-6,8,16H2. The molecule has 17 heavy (non-hydrogen) atoms. The van der Waals surface area contributed by atoms with E-state index in [1.807, 2.05) is 23.9 Å². The molecular formula is C14H18BrNS. The van der Waals surface area contributed by atoms with Crippen LogP contribution in [-0.4, -0.2) is 5.75 Å². The normalized spacial score (nSPS) is 31.0. The highest BCUT2D eigenvalue weighted by Crippen LogP contribution is 2.50. The molecule has 2 aliphatic rings. The first-order chi connectivity index (χ1) is 8.22. The summed E-state index contributed by atoms with van der Waals surface area (Å²) in [6, 6.07) is 6.15. The van der Waals surface area contributed by atoms with Gasteiger partial charge < -0.3 is 5.73 Å². The van der Waals surface area contributed by atoms with E-state index in [0.29, 0.717) is 0 Å². The first-order valence-corrected chi connectivity index (χ1v) is 8.18. The average Bonchev–Trinajstić information content (AvgIpc) is 2.92. The second-order valence-corrected chi connectivity index (χ2v) is 7.41. The lowest BCUT2D eigenvalue weighted by atomic mass is 9.90. The van der Waals surface area contributed by atoms with E-state index in [2.05, 4.69) is 22.0 Å². The second kappa shape index (κ2) is 4.85. The summed E-state index contributed by atoms with van der Waals surface area (Å²) < 4.78 is 1.13. The molecule has 92 valence electrons. The zero-order chi connectivity index (χ0) is 11.8. The Bertz CT molecular complexity index is 421. The third-order valence-electron chi connectivity index (χ3n) is 4.31. The quantitative estimate of drug-likeness (QED) is 0.654. The summed E-state index contributed by atoms with van der Waals surface area (Å²) in [5.74, 6) is 4.26. The van der Waals surface area contributed by atoms with E-state index in [9.17, 15) is 0 Å². The van der Waals surface area contributed by atoms with Gasteiger partial charge in [-0.2, -0.15) is 0 Å². The Labute approximate surface area is 116 Å². The molecule has 2 aliphatic carbocycles. The summed E-state index contributed by atoms with van der Waals surface area (Å²) in [6.07, 6.45) is 5.93. The van der Waals surface area contributed by atoms with Crippen LogP contribution in [0, 0.1) is 17.8 Å². The zero-order valence-electron chi connectivity index (χ0n) is 9.86. The van der Waals surface area contributed by atoms with Gasteiger partial charge in [0.1, 0.15) is 0 Å². The Morgan fingerprint density at radius 1 is 1.29 bits per heavy atom. The number of fused-ring (bicyclic) bond motifs is 2. The number of hydrogen-bond acceptors (Lipinski definition) is 2. The lowest BCUT2D eigenvalue weighted by Crippen LogP contribution is -2.12. The molecule has 3 atom stereocenters. The number of nitrogen functional groups attached to an aromatic ring is 1. The summed E-state index contributed by atoms with van der Waals surface area (Å²) in [7, 11) is 0. The highest BCUT2D eigenvalue weighted by molar-refractivity contribution is 9.10. The molecule has 0 amide bonds. The summed E-state index contributed by atoms with van der Waals surface area (Å²) in [5.41, 5.74) is 6.93. The monoisotopic (exact) mass is 311 g/mol. The Kier molecular flexibility index (Phi) is 3.40. The molecule has 2 saturated carbocycles. The van der Waals surface area contributed by atoms with Crippen LogP contribution in [-0.2, 0) is 0 Å². The Morgan fingerprint density at radius 2 is 2.18 bits per heavy atom. The molecule has 2 fully saturated rings. The molecule has 2 N–H and O–H groups in total. The van der Waals surface area contributed by atoms with Gasteiger partial charge in [-0.05, 0) is 55.2 Å². The molecule has 0 saturated heterocycles. The number of rotatable bonds is 3. The van der Waals surface area contributed by atoms with Crippen molar-refractivity contribution in [1.82, 2.24) is 0 Å². The number of thioether (sulfide) groups is 1. The van der Waals surface area contributed by atoms with Crippen LogP contribution in [0.15, 0.2) is 27.6 Å². The van der Waals surface area contributed by atoms with Crippen LogP contribution in [0.1, 0.15) is 25.7 Å². The molecule has 0 radical (unpaired) electrons. The molecule has 0 spiro atoms. The van der Waals surface area contributed by atoms with Crippen LogP contribution in [0.4, 0.5) is 5.69 Å². The molecule has 1 aromatic carbocycles. The van der Waals surface area contributed by atoms with E-state index < -0.39 is 0 Å². The average molecular weight is 312 g/mol. The summed E-state index contributed by atoms with van der Waals surface area (Å²) >= 11 is 5.46. The second-order valence-electron chi connectivity index (χ2n) is 5.43. The topological polar surface area (TPSA) is 26.0 Å². The highest BCUT2D eigenvalue weighted by atomic mass is 79.9. The van der Waals surface area contributed by atoms with Gasteiger partial charge in [0, 0.05) is 20.8 Å². The smallest absolute Gasteiger partial charge is 0.0453 e. The third-order valence-corrected chi connectivity index (χ3v) is 6.07. The van der Waals surface area contributed by atoms with Crippen LogP contribution in [0.2, 0.25) is 0 Å². The van der Waals surface area contributed by atoms with Crippen molar-refractivity contribution in [2.75, 3.05) is 11.5 Å². The van der Waals surface area contributed by atoms with Crippen molar-refractivity contribution in [1.29, 1.82) is 0 Å². The van der Waals surface area contributed by atoms with Gasteiger partial charge in [-0.25, -0.2) is 0 Å². The van der Waals surface area contributed by atoms with Gasteiger partial charge in [-0.1, -0.05) is 22.4 Å². The molecule has 0 aliphatic heterocycles. The fourth-order valence-electron chi connectivity index (χ4n) is 3.41. The Hall–Kier alpha value is -0.150. The van der Waals surface area contributed by atoms with Crippen molar-refractivity contribution in [2.45, 2.75) is 30.6 Å². The van der Waals surface area contributed by atoms with E-state index >= 15 is 0 Å². The highest BCUT2D eigenvalue weighted by Gasteiger charge is 2.39. The molecule has 0 heterocycles. The first-order valence-electron chi connectivity index (χ1n) is 6.40. The number of hydrogen-bond donors (Lipinski definition) is 1. The maximum Gasteiger partial charge on any atom is 0.0453 e. The minimum atomic E-state index is 0.918. The number of benzene rings is 1. The van der Waals surface area contributed by atoms with Gasteiger partial charge in [-0.15, -0.1) is 11.8 Å². The molecular weight excluding hydrogens is 294 g/mol. The fraction of sp³-hybridized carbons (Fsp3) is 0.571. The zero-order valence-corrected chi connectivity index (χ0v) is 12.3. The molecule has 1 aromatic rings. The summed E-state index contributed by atoms with van der Waals surface area (Å²) in [4.78, 5) is 1.24. The third kappa shape index (κ3) is 2.50. The van der Waals surface area contributed by atoms with Crippen LogP contribution < -0.4 is 5.73 Å². The lowest BCUT2D eigenvalue weighted by molar-refractivity contribution is 0.365. The SMILES string of the molecule is Nc1ccc(Br)cc1SCC1CC2CCC1C2. The minimum absolute atomic E-state index is 0.918. The molecule has 3 unspecified atom stereocenters. The van der Waals surface area contributed by atoms with Crippen LogP contribution >= 0.6 is 27.7 Å². The van der Waals surface area contributed by atoms with Crippen molar-refractivity contribution >= 4 is 33.4 Å². The lowest BCUT2D eigenvalue weighted by Gasteiger charge is -2.21. The molecule has 3 heteroatoms. The van der Waals surface area contributed by atoms with Gasteiger partial charge in [0.2, 0.25) is 0 Å². The molecule has 2 bridgehead atoms. The number of anilines is 1. The van der Waals surface area contributed by atoms with Crippen molar-refractivity contribution in [3.63, 3.8) is 0 Å². The molecule has 1 nitrogen and oxygen atoms in total. The van der Waals surface area contributed by atoms with Crippen molar-refractivity contribution in [3.05, 3.63) is 22.7 Å². The van der Waals surface area contributed by atoms with Crippen LogP contribution in [0.3, 0.4) is 0 Å². The van der Waals surface area contributed by atoms with Gasteiger partial charge in [0.05, 0.1) is 0 Å². The van der Waals surface area contributed by atoms with Crippen LogP contribution in [0.25, 0.3) is 0 Å². The van der Waals surface area contributed by atoms with Crippen molar-refractivity contribution in [2.24, 2.45) is 17.8 Å². The Balaban J connectivity index is 1.62. The van der Waals surface area contributed by atoms with E-state index in [-0.39, 0.29) is 0 Å². The predicted molar refractivity (Wildman–Crippen MR) is 78.2 cm³/mol. The predicted octanol–water partition coefficient (Wildman–Crippen LogP) is 4.56. The number of halogens is 1. The van der Waals surface area contributed by atoms with Gasteiger partial charge in [-0.3, -0.25) is 0 Å². The van der Waals surface area contributed by atoms with Crippen LogP contribution in [0.5, 0.6) is 0 Å². The van der Waals surface area contributed by atoms with E-state index in [1.54, 1.807) is 0 Å². The Morgan fingerprint density at radius 3 is 2.88 bits per heavy atom. The van der Waals surface area contributed by atoms with Crippen molar-refractivity contribution < 1.29 is 0 Å². The first kappa shape index (κ1) is 11.9. The van der Waals surface area contributed by atoms with Crippen molar-refractivity contribution in [3.8, 4) is 0 Å². The molecule has 3 rings (SSSR count). The minimum Gasteiger partial charge on any atom is -0.398 e. The van der Waals surface area contributed by atoms with E-state index in [4.69, 9.17) is 5.73 Å². The number of nitrogens with two attached hydrogens (primary N) is 1. The molecule has 0 aromatic heterocycles. The largest absolute Gasteiger partial charge is 0.398 e. The summed E-state index contributed by atoms with van der Waals surface area (Å²) in [5, 5.41) is 0. The van der Waals surface area contributed by atoms with Gasteiger partial charge in [0.25, 0.3) is 0 Å².